The molecule has 96 valence electrons. The molecular formula is C15H12O4. The average Bonchev–Trinajstić information content (AvgIpc) is 2.46. The summed E-state index contributed by atoms with van der Waals surface area (Å²) in [6.45, 7) is -0.118. The van der Waals surface area contributed by atoms with Crippen LogP contribution in [-0.2, 0) is 0 Å². The minimum absolute atomic E-state index is 0.0885. The van der Waals surface area contributed by atoms with Crippen LogP contribution in [-0.4, -0.2) is 23.5 Å². The van der Waals surface area contributed by atoms with E-state index in [0.717, 1.165) is 0 Å². The van der Waals surface area contributed by atoms with Crippen molar-refractivity contribution in [3.63, 3.8) is 0 Å². The van der Waals surface area contributed by atoms with Crippen LogP contribution >= 0.6 is 0 Å². The van der Waals surface area contributed by atoms with E-state index < -0.39 is 5.97 Å². The van der Waals surface area contributed by atoms with Crippen LogP contribution in [0.15, 0.2) is 54.6 Å². The number of ketones is 1. The number of para-hydroxylation sites is 1. The molecule has 4 nitrogen and oxygen atoms in total. The Labute approximate surface area is 110 Å². The SMILES string of the molecule is O=C(O)c1cccc(C(=O)COc2ccccc2)c1. The molecule has 0 bridgehead atoms. The van der Waals surface area contributed by atoms with Crippen molar-refractivity contribution in [1.29, 1.82) is 0 Å². The first-order valence-corrected chi connectivity index (χ1v) is 5.71. The number of Topliss-reactive ketones (excluding diaryl/α,β-unsaturated/α-hetero) is 1. The monoisotopic (exact) mass is 256 g/mol. The predicted octanol–water partition coefficient (Wildman–Crippen LogP) is 2.65. The van der Waals surface area contributed by atoms with Crippen molar-refractivity contribution >= 4 is 11.8 Å². The highest BCUT2D eigenvalue weighted by Gasteiger charge is 2.10. The lowest BCUT2D eigenvalue weighted by molar-refractivity contribution is 0.0697. The van der Waals surface area contributed by atoms with Crippen LogP contribution in [0.1, 0.15) is 20.7 Å². The summed E-state index contributed by atoms with van der Waals surface area (Å²) in [7, 11) is 0. The van der Waals surface area contributed by atoms with Crippen molar-refractivity contribution in [2.75, 3.05) is 6.61 Å². The molecule has 0 aliphatic carbocycles. The van der Waals surface area contributed by atoms with E-state index in [1.807, 2.05) is 18.2 Å². The molecule has 2 aromatic carbocycles. The second-order valence-corrected chi connectivity index (χ2v) is 3.91. The third-order valence-corrected chi connectivity index (χ3v) is 2.54. The fourth-order valence-corrected chi connectivity index (χ4v) is 1.57. The Hall–Kier alpha value is -2.62. The smallest absolute Gasteiger partial charge is 0.335 e. The van der Waals surface area contributed by atoms with Crippen LogP contribution in [0.3, 0.4) is 0 Å². The Morgan fingerprint density at radius 1 is 0.947 bits per heavy atom. The topological polar surface area (TPSA) is 63.6 Å². The molecule has 0 saturated carbocycles. The van der Waals surface area contributed by atoms with Gasteiger partial charge in [-0.3, -0.25) is 4.79 Å². The zero-order valence-corrected chi connectivity index (χ0v) is 10.1. The molecule has 2 aromatic rings. The van der Waals surface area contributed by atoms with Crippen molar-refractivity contribution in [3.05, 3.63) is 65.7 Å². The molecule has 0 fully saturated rings. The van der Waals surface area contributed by atoms with Gasteiger partial charge in [-0.15, -0.1) is 0 Å². The number of benzene rings is 2. The molecule has 0 radical (unpaired) electrons. The van der Waals surface area contributed by atoms with E-state index in [4.69, 9.17) is 9.84 Å². The van der Waals surface area contributed by atoms with Gasteiger partial charge in [-0.25, -0.2) is 4.79 Å². The van der Waals surface area contributed by atoms with E-state index in [-0.39, 0.29) is 18.0 Å². The van der Waals surface area contributed by atoms with Crippen molar-refractivity contribution < 1.29 is 19.4 Å². The Morgan fingerprint density at radius 2 is 1.63 bits per heavy atom. The molecule has 1 N–H and O–H groups in total. The van der Waals surface area contributed by atoms with Crippen LogP contribution in [0.25, 0.3) is 0 Å². The number of aromatic carboxylic acids is 1. The maximum absolute atomic E-state index is 11.9. The lowest BCUT2D eigenvalue weighted by Gasteiger charge is -2.05. The first-order valence-electron chi connectivity index (χ1n) is 5.71. The van der Waals surface area contributed by atoms with E-state index in [1.165, 1.54) is 12.1 Å². The number of carboxylic acid groups (broad SMARTS) is 1. The zero-order valence-electron chi connectivity index (χ0n) is 10.1. The maximum atomic E-state index is 11.9. The van der Waals surface area contributed by atoms with Crippen LogP contribution in [0.4, 0.5) is 0 Å². The van der Waals surface area contributed by atoms with Gasteiger partial charge in [-0.05, 0) is 24.3 Å². The fourth-order valence-electron chi connectivity index (χ4n) is 1.57. The summed E-state index contributed by atoms with van der Waals surface area (Å²) >= 11 is 0. The van der Waals surface area contributed by atoms with Crippen LogP contribution < -0.4 is 4.74 Å². The molecule has 2 rings (SSSR count). The molecular weight excluding hydrogens is 244 g/mol. The van der Waals surface area contributed by atoms with Crippen molar-refractivity contribution in [2.45, 2.75) is 0 Å². The standard InChI is InChI=1S/C15H12O4/c16-14(10-19-13-7-2-1-3-8-13)11-5-4-6-12(9-11)15(17)18/h1-9H,10H2,(H,17,18). The Kier molecular flexibility index (Phi) is 3.93. The summed E-state index contributed by atoms with van der Waals surface area (Å²) in [5, 5.41) is 8.86. The molecule has 0 aromatic heterocycles. The number of hydrogen-bond acceptors (Lipinski definition) is 3. The van der Waals surface area contributed by atoms with Gasteiger partial charge in [0.25, 0.3) is 0 Å². The van der Waals surface area contributed by atoms with Gasteiger partial charge in [0.2, 0.25) is 0 Å². The Balaban J connectivity index is 2.04. The van der Waals surface area contributed by atoms with Crippen LogP contribution in [0.2, 0.25) is 0 Å². The van der Waals surface area contributed by atoms with Gasteiger partial charge < -0.3 is 9.84 Å². The number of carbonyl (C=O) groups is 2. The highest BCUT2D eigenvalue weighted by Crippen LogP contribution is 2.10. The van der Waals surface area contributed by atoms with E-state index in [9.17, 15) is 9.59 Å². The fraction of sp³-hybridized carbons (Fsp3) is 0.0667. The predicted molar refractivity (Wildman–Crippen MR) is 69.7 cm³/mol. The third kappa shape index (κ3) is 3.42. The lowest BCUT2D eigenvalue weighted by atomic mass is 10.1. The first-order chi connectivity index (χ1) is 9.16. The minimum atomic E-state index is -1.06. The summed E-state index contributed by atoms with van der Waals surface area (Å²) in [4.78, 5) is 22.7. The Morgan fingerprint density at radius 3 is 2.32 bits per heavy atom. The molecule has 0 saturated heterocycles. The van der Waals surface area contributed by atoms with Gasteiger partial charge >= 0.3 is 5.97 Å². The number of carboxylic acids is 1. The lowest BCUT2D eigenvalue weighted by Crippen LogP contribution is -2.12. The van der Waals surface area contributed by atoms with E-state index in [1.54, 1.807) is 24.3 Å². The largest absolute Gasteiger partial charge is 0.485 e. The average molecular weight is 256 g/mol. The third-order valence-electron chi connectivity index (χ3n) is 2.54. The molecule has 0 amide bonds. The minimum Gasteiger partial charge on any atom is -0.485 e. The first kappa shape index (κ1) is 12.8. The van der Waals surface area contributed by atoms with Crippen molar-refractivity contribution in [2.24, 2.45) is 0 Å². The van der Waals surface area contributed by atoms with E-state index in [2.05, 4.69) is 0 Å². The zero-order chi connectivity index (χ0) is 13.7. The molecule has 0 aliphatic rings. The quantitative estimate of drug-likeness (QED) is 0.835. The maximum Gasteiger partial charge on any atom is 0.335 e. The number of carbonyl (C=O) groups excluding carboxylic acids is 1. The van der Waals surface area contributed by atoms with Crippen molar-refractivity contribution in [3.8, 4) is 5.75 Å². The molecule has 0 aliphatic heterocycles. The van der Waals surface area contributed by atoms with Gasteiger partial charge in [0.05, 0.1) is 5.56 Å². The molecule has 0 heterocycles. The summed E-state index contributed by atoms with van der Waals surface area (Å²) in [5.74, 6) is -0.712. The Bertz CT molecular complexity index is 590. The normalized spacial score (nSPS) is 9.89. The number of rotatable bonds is 5. The van der Waals surface area contributed by atoms with E-state index >= 15 is 0 Å². The second kappa shape index (κ2) is 5.82. The molecule has 0 spiro atoms. The summed E-state index contributed by atoms with van der Waals surface area (Å²) < 4.78 is 5.33. The molecule has 19 heavy (non-hydrogen) atoms. The van der Waals surface area contributed by atoms with Gasteiger partial charge in [-0.1, -0.05) is 30.3 Å². The summed E-state index contributed by atoms with van der Waals surface area (Å²) in [6, 6.07) is 14.9. The molecule has 0 atom stereocenters. The van der Waals surface area contributed by atoms with E-state index in [0.29, 0.717) is 11.3 Å². The highest BCUT2D eigenvalue weighted by atomic mass is 16.5. The second-order valence-electron chi connectivity index (χ2n) is 3.91. The van der Waals surface area contributed by atoms with Gasteiger partial charge in [0.15, 0.2) is 12.4 Å². The number of ether oxygens (including phenoxy) is 1. The van der Waals surface area contributed by atoms with Gasteiger partial charge in [0, 0.05) is 5.56 Å². The molecule has 0 unspecified atom stereocenters. The summed E-state index contributed by atoms with van der Waals surface area (Å²) in [6.07, 6.45) is 0. The molecule has 4 heteroatoms. The number of hydrogen-bond donors (Lipinski definition) is 1. The van der Waals surface area contributed by atoms with Crippen LogP contribution in [0.5, 0.6) is 5.75 Å². The van der Waals surface area contributed by atoms with Crippen molar-refractivity contribution in [1.82, 2.24) is 0 Å². The van der Waals surface area contributed by atoms with Gasteiger partial charge in [-0.2, -0.15) is 0 Å². The van der Waals surface area contributed by atoms with Crippen LogP contribution in [0, 0.1) is 0 Å². The van der Waals surface area contributed by atoms with Gasteiger partial charge in [0.1, 0.15) is 5.75 Å². The highest BCUT2D eigenvalue weighted by molar-refractivity contribution is 5.99. The summed E-state index contributed by atoms with van der Waals surface area (Å²) in [5.41, 5.74) is 0.418.